The van der Waals surface area contributed by atoms with Crippen LogP contribution in [0.3, 0.4) is 0 Å². The fourth-order valence-electron chi connectivity index (χ4n) is 0.429. The SMILES string of the molecule is I.PCc1cccs1. The maximum Gasteiger partial charge on any atom is 0.00830 e. The van der Waals surface area contributed by atoms with E-state index in [1.54, 1.807) is 11.3 Å². The molecule has 0 radical (unpaired) electrons. The summed E-state index contributed by atoms with van der Waals surface area (Å²) in [5.74, 6) is 0. The van der Waals surface area contributed by atoms with Crippen LogP contribution in [0.25, 0.3) is 0 Å². The van der Waals surface area contributed by atoms with Crippen LogP contribution in [0.15, 0.2) is 17.5 Å². The predicted molar refractivity (Wildman–Crippen MR) is 53.1 cm³/mol. The Labute approximate surface area is 72.9 Å². The predicted octanol–water partition coefficient (Wildman–Crippen LogP) is 2.74. The number of halogens is 1. The lowest BCUT2D eigenvalue weighted by Crippen LogP contribution is -1.57. The molecular weight excluding hydrogens is 250 g/mol. The summed E-state index contributed by atoms with van der Waals surface area (Å²) in [6.07, 6.45) is 1.09. The Bertz CT molecular complexity index is 127. The summed E-state index contributed by atoms with van der Waals surface area (Å²) in [7, 11) is 2.69. The second kappa shape index (κ2) is 4.71. The molecule has 1 rings (SSSR count). The standard InChI is InChI=1S/C5H7PS.HI/c6-4-5-2-1-3-7-5;/h1-3H,4,6H2;1H. The van der Waals surface area contributed by atoms with E-state index >= 15 is 0 Å². The summed E-state index contributed by atoms with van der Waals surface area (Å²) in [4.78, 5) is 1.44. The first-order valence-electron chi connectivity index (χ1n) is 2.16. The molecule has 0 nitrogen and oxygen atoms in total. The van der Waals surface area contributed by atoms with Gasteiger partial charge in [-0.1, -0.05) is 6.07 Å². The van der Waals surface area contributed by atoms with Gasteiger partial charge in [0.2, 0.25) is 0 Å². The molecule has 0 aliphatic carbocycles. The van der Waals surface area contributed by atoms with Crippen LogP contribution in [-0.4, -0.2) is 0 Å². The number of hydrogen-bond donors (Lipinski definition) is 0. The molecule has 0 amide bonds. The summed E-state index contributed by atoms with van der Waals surface area (Å²) < 4.78 is 0. The first-order chi connectivity index (χ1) is 3.43. The number of rotatable bonds is 1. The van der Waals surface area contributed by atoms with Gasteiger partial charge in [-0.2, -0.15) is 0 Å². The summed E-state index contributed by atoms with van der Waals surface area (Å²) in [5.41, 5.74) is 0. The third-order valence-electron chi connectivity index (χ3n) is 0.781. The van der Waals surface area contributed by atoms with Crippen LogP contribution in [0, 0.1) is 0 Å². The van der Waals surface area contributed by atoms with Crippen LogP contribution < -0.4 is 0 Å². The average molecular weight is 258 g/mol. The van der Waals surface area contributed by atoms with Crippen molar-refractivity contribution in [2.24, 2.45) is 0 Å². The zero-order valence-corrected chi connectivity index (χ0v) is 8.63. The molecule has 0 aromatic carbocycles. The van der Waals surface area contributed by atoms with E-state index in [1.807, 2.05) is 0 Å². The van der Waals surface area contributed by atoms with E-state index in [4.69, 9.17) is 0 Å². The van der Waals surface area contributed by atoms with Crippen molar-refractivity contribution in [1.82, 2.24) is 0 Å². The third-order valence-corrected chi connectivity index (χ3v) is 2.42. The lowest BCUT2D eigenvalue weighted by atomic mass is 10.5. The van der Waals surface area contributed by atoms with Crippen molar-refractivity contribution < 1.29 is 0 Å². The van der Waals surface area contributed by atoms with E-state index in [0.717, 1.165) is 6.16 Å². The maximum absolute atomic E-state index is 2.69. The molecule has 0 bridgehead atoms. The van der Waals surface area contributed by atoms with Crippen LogP contribution in [0.2, 0.25) is 0 Å². The summed E-state index contributed by atoms with van der Waals surface area (Å²) in [5, 5.41) is 2.10. The number of thiophene rings is 1. The van der Waals surface area contributed by atoms with Crippen molar-refractivity contribution >= 4 is 44.6 Å². The molecule has 0 saturated heterocycles. The molecule has 8 heavy (non-hydrogen) atoms. The molecule has 0 N–H and O–H groups in total. The summed E-state index contributed by atoms with van der Waals surface area (Å²) in [6, 6.07) is 4.21. The Balaban J connectivity index is 0.000000490. The molecule has 0 aliphatic heterocycles. The third kappa shape index (κ3) is 2.42. The Morgan fingerprint density at radius 1 is 1.62 bits per heavy atom. The maximum atomic E-state index is 2.69. The Kier molecular flexibility index (Phi) is 5.22. The van der Waals surface area contributed by atoms with Crippen molar-refractivity contribution in [3.05, 3.63) is 22.4 Å². The number of hydrogen-bond acceptors (Lipinski definition) is 1. The normalized spacial score (nSPS) is 8.12. The fourth-order valence-corrected chi connectivity index (χ4v) is 1.44. The van der Waals surface area contributed by atoms with E-state index in [2.05, 4.69) is 26.8 Å². The van der Waals surface area contributed by atoms with Gasteiger partial charge in [0, 0.05) is 4.88 Å². The van der Waals surface area contributed by atoms with E-state index < -0.39 is 0 Å². The minimum Gasteiger partial charge on any atom is -0.149 e. The van der Waals surface area contributed by atoms with Crippen LogP contribution in [0.4, 0.5) is 0 Å². The zero-order valence-electron chi connectivity index (χ0n) is 4.33. The van der Waals surface area contributed by atoms with Gasteiger partial charge < -0.3 is 0 Å². The molecule has 0 saturated carbocycles. The first-order valence-corrected chi connectivity index (χ1v) is 3.85. The van der Waals surface area contributed by atoms with Crippen LogP contribution in [0.5, 0.6) is 0 Å². The molecule has 1 unspecified atom stereocenters. The highest BCUT2D eigenvalue weighted by molar-refractivity contribution is 14.0. The molecule has 1 heterocycles. The van der Waals surface area contributed by atoms with Gasteiger partial charge in [0.25, 0.3) is 0 Å². The molecule has 0 fully saturated rings. The van der Waals surface area contributed by atoms with E-state index in [0.29, 0.717) is 0 Å². The Morgan fingerprint density at radius 2 is 2.38 bits per heavy atom. The second-order valence-corrected chi connectivity index (χ2v) is 2.72. The Hall–Kier alpha value is 0.860. The lowest BCUT2D eigenvalue weighted by molar-refractivity contribution is 1.56. The van der Waals surface area contributed by atoms with Gasteiger partial charge in [0.15, 0.2) is 0 Å². The highest BCUT2D eigenvalue weighted by Gasteiger charge is 1.82. The van der Waals surface area contributed by atoms with Crippen molar-refractivity contribution in [3.63, 3.8) is 0 Å². The van der Waals surface area contributed by atoms with E-state index in [1.165, 1.54) is 4.88 Å². The minimum absolute atomic E-state index is 0. The molecular formula is C5H8IPS. The Morgan fingerprint density at radius 3 is 2.62 bits per heavy atom. The molecule has 0 aliphatic rings. The zero-order chi connectivity index (χ0) is 5.11. The largest absolute Gasteiger partial charge is 0.149 e. The average Bonchev–Trinajstić information content (AvgIpc) is 2.14. The van der Waals surface area contributed by atoms with Crippen LogP contribution in [0.1, 0.15) is 4.88 Å². The van der Waals surface area contributed by atoms with Crippen molar-refractivity contribution in [2.75, 3.05) is 0 Å². The van der Waals surface area contributed by atoms with Crippen molar-refractivity contribution in [1.29, 1.82) is 0 Å². The van der Waals surface area contributed by atoms with Crippen LogP contribution in [-0.2, 0) is 6.16 Å². The summed E-state index contributed by atoms with van der Waals surface area (Å²) in [6.45, 7) is 0. The monoisotopic (exact) mass is 258 g/mol. The van der Waals surface area contributed by atoms with Gasteiger partial charge in [0.1, 0.15) is 0 Å². The quantitative estimate of drug-likeness (QED) is 0.536. The highest BCUT2D eigenvalue weighted by Crippen LogP contribution is 2.11. The van der Waals surface area contributed by atoms with E-state index in [9.17, 15) is 0 Å². The molecule has 0 spiro atoms. The smallest absolute Gasteiger partial charge is 0.00830 e. The van der Waals surface area contributed by atoms with Crippen LogP contribution >= 0.6 is 44.6 Å². The van der Waals surface area contributed by atoms with Gasteiger partial charge in [-0.15, -0.1) is 44.6 Å². The molecule has 1 atom stereocenters. The van der Waals surface area contributed by atoms with Gasteiger partial charge in [-0.3, -0.25) is 0 Å². The fraction of sp³-hybridized carbons (Fsp3) is 0.200. The second-order valence-electron chi connectivity index (χ2n) is 1.28. The van der Waals surface area contributed by atoms with Gasteiger partial charge in [0.05, 0.1) is 0 Å². The van der Waals surface area contributed by atoms with Crippen molar-refractivity contribution in [2.45, 2.75) is 6.16 Å². The first kappa shape index (κ1) is 8.86. The highest BCUT2D eigenvalue weighted by atomic mass is 127. The van der Waals surface area contributed by atoms with Gasteiger partial charge >= 0.3 is 0 Å². The van der Waals surface area contributed by atoms with E-state index in [-0.39, 0.29) is 24.0 Å². The minimum atomic E-state index is 0. The van der Waals surface area contributed by atoms with Gasteiger partial charge in [-0.25, -0.2) is 0 Å². The molecule has 1 aromatic rings. The molecule has 46 valence electrons. The molecule has 1 aromatic heterocycles. The summed E-state index contributed by atoms with van der Waals surface area (Å²) >= 11 is 1.80. The lowest BCUT2D eigenvalue weighted by Gasteiger charge is -1.78. The molecule has 3 heteroatoms. The van der Waals surface area contributed by atoms with Gasteiger partial charge in [-0.05, 0) is 17.6 Å². The van der Waals surface area contributed by atoms with Crippen molar-refractivity contribution in [3.8, 4) is 0 Å². The topological polar surface area (TPSA) is 0 Å².